The van der Waals surface area contributed by atoms with Crippen molar-refractivity contribution in [3.8, 4) is 0 Å². The molecule has 1 saturated heterocycles. The van der Waals surface area contributed by atoms with Gasteiger partial charge in [0.1, 0.15) is 0 Å². The van der Waals surface area contributed by atoms with E-state index in [1.54, 1.807) is 0 Å². The number of nitrogens with zero attached hydrogens (tertiary/aromatic N) is 1. The Hall–Kier alpha value is 0.370. The first-order valence-corrected chi connectivity index (χ1v) is 7.62. The lowest BCUT2D eigenvalue weighted by molar-refractivity contribution is 0.255. The molecule has 0 saturated carbocycles. The smallest absolute Gasteiger partial charge is 0.264 e. The first kappa shape index (κ1) is 11.5. The van der Waals surface area contributed by atoms with E-state index in [0.717, 1.165) is 23.2 Å². The fourth-order valence-electron chi connectivity index (χ4n) is 2.85. The highest BCUT2D eigenvalue weighted by molar-refractivity contribution is 14.1. The number of pyridine rings is 1. The molecule has 2 aliphatic rings. The minimum absolute atomic E-state index is 0.201. The average molecular weight is 442 g/mol. The van der Waals surface area contributed by atoms with Gasteiger partial charge >= 0.3 is 0 Å². The Morgan fingerprint density at radius 2 is 2.12 bits per heavy atom. The first-order valence-electron chi connectivity index (χ1n) is 5.46. The number of halogens is 2. The van der Waals surface area contributed by atoms with Crippen LogP contribution in [0.25, 0.3) is 0 Å². The highest BCUT2D eigenvalue weighted by Gasteiger charge is 2.32. The zero-order valence-corrected chi connectivity index (χ0v) is 13.0. The molecule has 2 atom stereocenters. The molecule has 0 spiro atoms. The second-order valence-electron chi connectivity index (χ2n) is 4.60. The molecular weight excluding hydrogens is 430 g/mol. The van der Waals surface area contributed by atoms with Gasteiger partial charge in [0.15, 0.2) is 0 Å². The van der Waals surface area contributed by atoms with Crippen molar-refractivity contribution in [1.82, 2.24) is 9.88 Å². The van der Waals surface area contributed by atoms with E-state index in [-0.39, 0.29) is 5.56 Å². The lowest BCUT2D eigenvalue weighted by atomic mass is 9.84. The second kappa shape index (κ2) is 4.24. The van der Waals surface area contributed by atoms with Gasteiger partial charge in [-0.2, -0.15) is 0 Å². The molecule has 5 heteroatoms. The SMILES string of the molecule is O=c1c(I)cc(I)c2n1CC1CNCC2C1. The molecule has 3 heterocycles. The Kier molecular flexibility index (Phi) is 3.03. The molecule has 3 rings (SSSR count). The standard InChI is InChI=1S/C11H12I2N2O/c12-8-2-9(13)11(16)15-5-6-1-7(10(8)15)4-14-3-6/h2,6-7,14H,1,3-5H2. The molecule has 2 unspecified atom stereocenters. The van der Waals surface area contributed by atoms with Crippen LogP contribution in [-0.4, -0.2) is 17.7 Å². The van der Waals surface area contributed by atoms with Gasteiger partial charge in [0, 0.05) is 28.3 Å². The van der Waals surface area contributed by atoms with Gasteiger partial charge in [0.2, 0.25) is 0 Å². The summed E-state index contributed by atoms with van der Waals surface area (Å²) in [4.78, 5) is 12.1. The summed E-state index contributed by atoms with van der Waals surface area (Å²) in [5, 5.41) is 3.47. The van der Waals surface area contributed by atoms with Crippen molar-refractivity contribution < 1.29 is 0 Å². The topological polar surface area (TPSA) is 34.0 Å². The minimum atomic E-state index is 0.201. The van der Waals surface area contributed by atoms with Crippen molar-refractivity contribution in [3.05, 3.63) is 29.3 Å². The van der Waals surface area contributed by atoms with Crippen molar-refractivity contribution in [2.75, 3.05) is 13.1 Å². The molecule has 1 N–H and O–H groups in total. The third-order valence-electron chi connectivity index (χ3n) is 3.51. The summed E-state index contributed by atoms with van der Waals surface area (Å²) >= 11 is 4.51. The number of hydrogen-bond donors (Lipinski definition) is 1. The van der Waals surface area contributed by atoms with Gasteiger partial charge in [-0.05, 0) is 70.1 Å². The van der Waals surface area contributed by atoms with Gasteiger partial charge < -0.3 is 9.88 Å². The quantitative estimate of drug-likeness (QED) is 0.622. The van der Waals surface area contributed by atoms with Crippen LogP contribution in [0.3, 0.4) is 0 Å². The summed E-state index contributed by atoms with van der Waals surface area (Å²) in [7, 11) is 0. The predicted octanol–water partition coefficient (Wildman–Crippen LogP) is 1.76. The van der Waals surface area contributed by atoms with Gasteiger partial charge in [-0.25, -0.2) is 0 Å². The van der Waals surface area contributed by atoms with Gasteiger partial charge in [-0.15, -0.1) is 0 Å². The zero-order valence-electron chi connectivity index (χ0n) is 8.67. The second-order valence-corrected chi connectivity index (χ2v) is 6.92. The van der Waals surface area contributed by atoms with Crippen LogP contribution in [0.5, 0.6) is 0 Å². The van der Waals surface area contributed by atoms with E-state index in [1.807, 2.05) is 10.6 Å². The molecule has 0 radical (unpaired) electrons. The number of nitrogens with one attached hydrogen (secondary N) is 1. The summed E-state index contributed by atoms with van der Waals surface area (Å²) in [5.74, 6) is 1.17. The van der Waals surface area contributed by atoms with Crippen molar-refractivity contribution in [1.29, 1.82) is 0 Å². The maximum Gasteiger partial charge on any atom is 0.264 e. The number of aromatic nitrogens is 1. The molecule has 2 bridgehead atoms. The average Bonchev–Trinajstić information content (AvgIpc) is 2.25. The molecule has 1 aromatic heterocycles. The van der Waals surface area contributed by atoms with Crippen LogP contribution >= 0.6 is 45.2 Å². The molecule has 86 valence electrons. The first-order chi connectivity index (χ1) is 7.66. The largest absolute Gasteiger partial charge is 0.316 e. The van der Waals surface area contributed by atoms with E-state index in [9.17, 15) is 4.79 Å². The number of rotatable bonds is 0. The minimum Gasteiger partial charge on any atom is -0.316 e. The summed E-state index contributed by atoms with van der Waals surface area (Å²) in [5.41, 5.74) is 1.46. The predicted molar refractivity (Wildman–Crippen MR) is 79.9 cm³/mol. The molecule has 2 aliphatic heterocycles. The van der Waals surface area contributed by atoms with Gasteiger partial charge in [0.25, 0.3) is 5.56 Å². The summed E-state index contributed by atoms with van der Waals surface area (Å²) < 4.78 is 4.11. The third-order valence-corrected chi connectivity index (χ3v) is 5.14. The summed E-state index contributed by atoms with van der Waals surface area (Å²) in [6, 6.07) is 2.02. The van der Waals surface area contributed by atoms with Crippen molar-refractivity contribution in [2.45, 2.75) is 18.9 Å². The molecule has 1 aromatic rings. The van der Waals surface area contributed by atoms with Crippen molar-refractivity contribution >= 4 is 45.2 Å². The van der Waals surface area contributed by atoms with Crippen LogP contribution in [0, 0.1) is 13.1 Å². The fourth-order valence-corrected chi connectivity index (χ4v) is 5.09. The van der Waals surface area contributed by atoms with Gasteiger partial charge in [-0.3, -0.25) is 4.79 Å². The zero-order chi connectivity index (χ0) is 11.3. The lowest BCUT2D eigenvalue weighted by Gasteiger charge is -2.38. The van der Waals surface area contributed by atoms with E-state index < -0.39 is 0 Å². The maximum atomic E-state index is 12.1. The van der Waals surface area contributed by atoms with Crippen LogP contribution in [0.4, 0.5) is 0 Å². The van der Waals surface area contributed by atoms with Crippen LogP contribution < -0.4 is 10.9 Å². The van der Waals surface area contributed by atoms with E-state index in [2.05, 4.69) is 50.5 Å². The van der Waals surface area contributed by atoms with E-state index in [1.165, 1.54) is 15.7 Å². The Balaban J connectivity index is 2.23. The Morgan fingerprint density at radius 1 is 1.31 bits per heavy atom. The van der Waals surface area contributed by atoms with Crippen LogP contribution in [-0.2, 0) is 6.54 Å². The Labute approximate surface area is 121 Å². The summed E-state index contributed by atoms with van der Waals surface area (Å²) in [6.07, 6.45) is 1.24. The van der Waals surface area contributed by atoms with Crippen LogP contribution in [0.2, 0.25) is 0 Å². The highest BCUT2D eigenvalue weighted by atomic mass is 127. The molecule has 16 heavy (non-hydrogen) atoms. The highest BCUT2D eigenvalue weighted by Crippen LogP contribution is 2.34. The van der Waals surface area contributed by atoms with Crippen LogP contribution in [0.15, 0.2) is 10.9 Å². The summed E-state index contributed by atoms with van der Waals surface area (Å²) in [6.45, 7) is 2.97. The maximum absolute atomic E-state index is 12.1. The normalized spacial score (nSPS) is 27.6. The Bertz CT molecular complexity index is 497. The molecule has 1 fully saturated rings. The van der Waals surface area contributed by atoms with Crippen molar-refractivity contribution in [2.24, 2.45) is 5.92 Å². The van der Waals surface area contributed by atoms with E-state index in [0.29, 0.717) is 11.8 Å². The lowest BCUT2D eigenvalue weighted by Crippen LogP contribution is -2.45. The molecule has 0 amide bonds. The third kappa shape index (κ3) is 1.74. The number of piperidine rings is 1. The van der Waals surface area contributed by atoms with Crippen molar-refractivity contribution in [3.63, 3.8) is 0 Å². The monoisotopic (exact) mass is 442 g/mol. The molecule has 0 aromatic carbocycles. The molecule has 0 aliphatic carbocycles. The number of fused-ring (bicyclic) bond motifs is 4. The Morgan fingerprint density at radius 3 is 2.94 bits per heavy atom. The van der Waals surface area contributed by atoms with Crippen LogP contribution in [0.1, 0.15) is 18.0 Å². The van der Waals surface area contributed by atoms with Gasteiger partial charge in [-0.1, -0.05) is 0 Å². The van der Waals surface area contributed by atoms with E-state index >= 15 is 0 Å². The molecular formula is C11H12I2N2O. The molecule has 3 nitrogen and oxygen atoms in total. The van der Waals surface area contributed by atoms with E-state index in [4.69, 9.17) is 0 Å². The number of hydrogen-bond acceptors (Lipinski definition) is 2. The fraction of sp³-hybridized carbons (Fsp3) is 0.545. The van der Waals surface area contributed by atoms with Gasteiger partial charge in [0.05, 0.1) is 3.57 Å².